The number of hydrogen-bond acceptors (Lipinski definition) is 3. The summed E-state index contributed by atoms with van der Waals surface area (Å²) >= 11 is 0. The van der Waals surface area contributed by atoms with Crippen LogP contribution in [0.2, 0.25) is 0 Å². The third kappa shape index (κ3) is 2.46. The molecule has 0 aliphatic carbocycles. The number of Topliss-reactive ketones (excluding diaryl/α,β-unsaturated/α-hetero) is 1. The lowest BCUT2D eigenvalue weighted by atomic mass is 9.96. The van der Waals surface area contributed by atoms with Gasteiger partial charge in [0, 0.05) is 17.8 Å². The number of benzene rings is 1. The molecule has 0 saturated carbocycles. The molecule has 3 nitrogen and oxygen atoms in total. The van der Waals surface area contributed by atoms with Crippen LogP contribution in [0, 0.1) is 5.92 Å². The van der Waals surface area contributed by atoms with Gasteiger partial charge >= 0.3 is 6.36 Å². The van der Waals surface area contributed by atoms with E-state index in [-0.39, 0.29) is 23.1 Å². The maximum absolute atomic E-state index is 12.0. The fraction of sp³-hybridized carbons (Fsp3) is 0.273. The van der Waals surface area contributed by atoms with E-state index >= 15 is 0 Å². The molecule has 0 spiro atoms. The van der Waals surface area contributed by atoms with Crippen molar-refractivity contribution in [3.05, 3.63) is 23.8 Å². The van der Waals surface area contributed by atoms with Crippen LogP contribution in [-0.2, 0) is 0 Å². The normalized spacial score (nSPS) is 19.1. The van der Waals surface area contributed by atoms with Gasteiger partial charge in [-0.25, -0.2) is 0 Å². The summed E-state index contributed by atoms with van der Waals surface area (Å²) < 4.78 is 39.7. The molecule has 1 aliphatic heterocycles. The Morgan fingerprint density at radius 3 is 2.71 bits per heavy atom. The average molecular weight is 243 g/mol. The van der Waals surface area contributed by atoms with Crippen molar-refractivity contribution in [1.82, 2.24) is 0 Å². The van der Waals surface area contributed by atoms with E-state index in [2.05, 4.69) is 9.73 Å². The SMILES string of the molecule is CC1C=Nc2cc(OC(F)(F)F)ccc2C1=O. The highest BCUT2D eigenvalue weighted by molar-refractivity contribution is 6.12. The Kier molecular flexibility index (Phi) is 2.65. The summed E-state index contributed by atoms with van der Waals surface area (Å²) in [5.74, 6) is -0.888. The first-order chi connectivity index (χ1) is 7.87. The number of halogens is 3. The van der Waals surface area contributed by atoms with E-state index in [1.807, 2.05) is 0 Å². The summed E-state index contributed by atoms with van der Waals surface area (Å²) in [6, 6.07) is 3.51. The molecule has 1 unspecified atom stereocenters. The molecule has 0 radical (unpaired) electrons. The van der Waals surface area contributed by atoms with Gasteiger partial charge in [0.2, 0.25) is 0 Å². The van der Waals surface area contributed by atoms with Crippen LogP contribution in [0.15, 0.2) is 23.2 Å². The van der Waals surface area contributed by atoms with Crippen molar-refractivity contribution >= 4 is 17.7 Å². The predicted molar refractivity (Wildman–Crippen MR) is 54.8 cm³/mol. The average Bonchev–Trinajstić information content (AvgIpc) is 2.21. The molecule has 1 aliphatic rings. The topological polar surface area (TPSA) is 38.7 Å². The van der Waals surface area contributed by atoms with Gasteiger partial charge in [0.1, 0.15) is 5.75 Å². The number of rotatable bonds is 1. The van der Waals surface area contributed by atoms with Crippen molar-refractivity contribution < 1.29 is 22.7 Å². The lowest BCUT2D eigenvalue weighted by Gasteiger charge is -2.15. The molecule has 0 fully saturated rings. The predicted octanol–water partition coefficient (Wildman–Crippen LogP) is 3.12. The summed E-state index contributed by atoms with van der Waals surface area (Å²) in [6.45, 7) is 1.68. The largest absolute Gasteiger partial charge is 0.573 e. The second-order valence-corrected chi connectivity index (χ2v) is 3.66. The Balaban J connectivity index is 2.35. The van der Waals surface area contributed by atoms with Crippen molar-refractivity contribution in [1.29, 1.82) is 0 Å². The van der Waals surface area contributed by atoms with Gasteiger partial charge in [0.25, 0.3) is 0 Å². The second-order valence-electron chi connectivity index (χ2n) is 3.66. The minimum Gasteiger partial charge on any atom is -0.406 e. The molecular formula is C11H8F3NO2. The van der Waals surface area contributed by atoms with Crippen LogP contribution in [-0.4, -0.2) is 18.4 Å². The Bertz CT molecular complexity index is 494. The Morgan fingerprint density at radius 1 is 1.35 bits per heavy atom. The second kappa shape index (κ2) is 3.87. The minimum atomic E-state index is -4.75. The molecule has 0 bridgehead atoms. The molecule has 0 aromatic heterocycles. The first kappa shape index (κ1) is 11.6. The fourth-order valence-electron chi connectivity index (χ4n) is 1.53. The Labute approximate surface area is 94.9 Å². The summed E-state index contributed by atoms with van der Waals surface area (Å²) in [4.78, 5) is 15.6. The van der Waals surface area contributed by atoms with E-state index in [1.165, 1.54) is 12.3 Å². The summed E-state index contributed by atoms with van der Waals surface area (Å²) in [7, 11) is 0. The zero-order valence-electron chi connectivity index (χ0n) is 8.78. The van der Waals surface area contributed by atoms with Crippen molar-refractivity contribution in [2.24, 2.45) is 10.9 Å². The van der Waals surface area contributed by atoms with Crippen molar-refractivity contribution in [3.8, 4) is 5.75 Å². The maximum Gasteiger partial charge on any atom is 0.573 e. The fourth-order valence-corrected chi connectivity index (χ4v) is 1.53. The zero-order chi connectivity index (χ0) is 12.6. The molecular weight excluding hydrogens is 235 g/mol. The monoisotopic (exact) mass is 243 g/mol. The molecule has 90 valence electrons. The maximum atomic E-state index is 12.0. The van der Waals surface area contributed by atoms with Crippen LogP contribution in [0.3, 0.4) is 0 Å². The van der Waals surface area contributed by atoms with Gasteiger partial charge in [-0.3, -0.25) is 9.79 Å². The number of alkyl halides is 3. The van der Waals surface area contributed by atoms with E-state index in [1.54, 1.807) is 6.92 Å². The molecule has 1 heterocycles. The molecule has 17 heavy (non-hydrogen) atoms. The summed E-state index contributed by atoms with van der Waals surface area (Å²) in [5.41, 5.74) is 0.518. The first-order valence-electron chi connectivity index (χ1n) is 4.85. The molecule has 0 N–H and O–H groups in total. The van der Waals surface area contributed by atoms with Crippen LogP contribution < -0.4 is 4.74 Å². The highest BCUT2D eigenvalue weighted by Gasteiger charge is 2.31. The van der Waals surface area contributed by atoms with Gasteiger partial charge in [0.15, 0.2) is 5.78 Å². The third-order valence-corrected chi connectivity index (χ3v) is 2.32. The van der Waals surface area contributed by atoms with Crippen LogP contribution in [0.4, 0.5) is 18.9 Å². The smallest absolute Gasteiger partial charge is 0.406 e. The number of aliphatic imine (C=N–C) groups is 1. The summed E-state index contributed by atoms with van der Waals surface area (Å²) in [6.07, 6.45) is -3.34. The van der Waals surface area contributed by atoms with Crippen molar-refractivity contribution in [2.75, 3.05) is 0 Å². The van der Waals surface area contributed by atoms with Crippen LogP contribution in [0.1, 0.15) is 17.3 Å². The van der Waals surface area contributed by atoms with Crippen LogP contribution >= 0.6 is 0 Å². The number of carbonyl (C=O) groups is 1. The first-order valence-corrected chi connectivity index (χ1v) is 4.85. The van der Waals surface area contributed by atoms with E-state index in [9.17, 15) is 18.0 Å². The number of hydrogen-bond donors (Lipinski definition) is 0. The van der Waals surface area contributed by atoms with E-state index in [4.69, 9.17) is 0 Å². The standard InChI is InChI=1S/C11H8F3NO2/c1-6-5-15-9-4-7(17-11(12,13)14)2-3-8(9)10(6)16/h2-6H,1H3. The van der Waals surface area contributed by atoms with Gasteiger partial charge in [-0.05, 0) is 12.1 Å². The third-order valence-electron chi connectivity index (χ3n) is 2.32. The van der Waals surface area contributed by atoms with Gasteiger partial charge in [-0.15, -0.1) is 13.2 Å². The molecule has 1 aromatic rings. The van der Waals surface area contributed by atoms with E-state index in [0.29, 0.717) is 5.56 Å². The van der Waals surface area contributed by atoms with Gasteiger partial charge in [-0.1, -0.05) is 6.92 Å². The van der Waals surface area contributed by atoms with Gasteiger partial charge in [0.05, 0.1) is 11.6 Å². The Hall–Kier alpha value is -1.85. The van der Waals surface area contributed by atoms with Crippen molar-refractivity contribution in [2.45, 2.75) is 13.3 Å². The number of nitrogens with zero attached hydrogens (tertiary/aromatic N) is 1. The molecule has 6 heteroatoms. The lowest BCUT2D eigenvalue weighted by Crippen LogP contribution is -2.18. The Morgan fingerprint density at radius 2 is 2.06 bits per heavy atom. The molecule has 0 amide bonds. The molecule has 2 rings (SSSR count). The van der Waals surface area contributed by atoms with E-state index < -0.39 is 6.36 Å². The highest BCUT2D eigenvalue weighted by atomic mass is 19.4. The van der Waals surface area contributed by atoms with Crippen LogP contribution in [0.25, 0.3) is 0 Å². The zero-order valence-corrected chi connectivity index (χ0v) is 8.78. The summed E-state index contributed by atoms with van der Waals surface area (Å²) in [5, 5.41) is 0. The van der Waals surface area contributed by atoms with Crippen molar-refractivity contribution in [3.63, 3.8) is 0 Å². The van der Waals surface area contributed by atoms with Crippen LogP contribution in [0.5, 0.6) is 5.75 Å². The lowest BCUT2D eigenvalue weighted by molar-refractivity contribution is -0.274. The molecule has 1 atom stereocenters. The number of ketones is 1. The number of ether oxygens (including phenoxy) is 1. The molecule has 1 aromatic carbocycles. The molecule has 0 saturated heterocycles. The number of fused-ring (bicyclic) bond motifs is 1. The van der Waals surface area contributed by atoms with E-state index in [0.717, 1.165) is 12.1 Å². The quantitative estimate of drug-likeness (QED) is 0.760. The number of carbonyl (C=O) groups excluding carboxylic acids is 1. The highest BCUT2D eigenvalue weighted by Crippen LogP contribution is 2.32. The van der Waals surface area contributed by atoms with Gasteiger partial charge in [-0.2, -0.15) is 0 Å². The minimum absolute atomic E-state index is 0.159. The van der Waals surface area contributed by atoms with Gasteiger partial charge < -0.3 is 4.74 Å².